The second-order valence-corrected chi connectivity index (χ2v) is 3.73. The van der Waals surface area contributed by atoms with Crippen molar-refractivity contribution in [3.05, 3.63) is 12.3 Å². The number of aromatic nitrogens is 2. The van der Waals surface area contributed by atoms with E-state index in [4.69, 9.17) is 6.42 Å². The third-order valence-electron chi connectivity index (χ3n) is 2.54. The zero-order chi connectivity index (χ0) is 11.4. The zero-order valence-electron chi connectivity index (χ0n) is 8.94. The van der Waals surface area contributed by atoms with E-state index in [2.05, 4.69) is 21.7 Å². The Labute approximate surface area is 94.2 Å². The fourth-order valence-electron chi connectivity index (χ4n) is 1.54. The van der Waals surface area contributed by atoms with Gasteiger partial charge in [-0.1, -0.05) is 0 Å². The molecule has 1 aromatic heterocycles. The summed E-state index contributed by atoms with van der Waals surface area (Å²) in [5.41, 5.74) is 0. The van der Waals surface area contributed by atoms with Crippen LogP contribution in [0.25, 0.3) is 0 Å². The molecule has 5 heteroatoms. The number of terminal acetylenes is 1. The Morgan fingerprint density at radius 2 is 2.56 bits per heavy atom. The van der Waals surface area contributed by atoms with Gasteiger partial charge in [-0.2, -0.15) is 5.10 Å². The van der Waals surface area contributed by atoms with Crippen molar-refractivity contribution in [2.45, 2.75) is 18.9 Å². The van der Waals surface area contributed by atoms with Gasteiger partial charge in [0, 0.05) is 32.0 Å². The molecular weight excluding hydrogens is 204 g/mol. The van der Waals surface area contributed by atoms with Crippen LogP contribution in [0.3, 0.4) is 0 Å². The molecule has 0 aliphatic carbocycles. The molecule has 5 nitrogen and oxygen atoms in total. The van der Waals surface area contributed by atoms with Crippen LogP contribution in [-0.2, 0) is 4.79 Å². The number of hydrogen-bond donors (Lipinski definition) is 2. The van der Waals surface area contributed by atoms with Crippen LogP contribution in [0, 0.1) is 12.3 Å². The largest absolute Gasteiger partial charge is 0.312 e. The summed E-state index contributed by atoms with van der Waals surface area (Å²) >= 11 is 0. The molecule has 2 N–H and O–H groups in total. The molecule has 1 fully saturated rings. The molecule has 16 heavy (non-hydrogen) atoms. The second-order valence-electron chi connectivity index (χ2n) is 3.73. The highest BCUT2D eigenvalue weighted by atomic mass is 16.1. The number of nitrogens with one attached hydrogen (secondary N) is 2. The first-order valence-corrected chi connectivity index (χ1v) is 5.29. The van der Waals surface area contributed by atoms with Gasteiger partial charge in [-0.25, -0.2) is 4.68 Å². The third kappa shape index (κ3) is 2.23. The van der Waals surface area contributed by atoms with E-state index in [1.165, 1.54) is 0 Å². The molecule has 0 atom stereocenters. The average molecular weight is 218 g/mol. The molecule has 1 aliphatic rings. The quantitative estimate of drug-likeness (QED) is 0.718. The molecule has 1 amide bonds. The summed E-state index contributed by atoms with van der Waals surface area (Å²) < 4.78 is 1.84. The monoisotopic (exact) mass is 218 g/mol. The van der Waals surface area contributed by atoms with Crippen LogP contribution in [0.2, 0.25) is 0 Å². The van der Waals surface area contributed by atoms with Crippen molar-refractivity contribution in [1.29, 1.82) is 0 Å². The molecule has 0 aromatic carbocycles. The van der Waals surface area contributed by atoms with Gasteiger partial charge in [0.25, 0.3) is 0 Å². The van der Waals surface area contributed by atoms with Crippen molar-refractivity contribution in [3.63, 3.8) is 0 Å². The fourth-order valence-corrected chi connectivity index (χ4v) is 1.54. The summed E-state index contributed by atoms with van der Waals surface area (Å²) in [4.78, 5) is 11.5. The van der Waals surface area contributed by atoms with E-state index in [-0.39, 0.29) is 5.91 Å². The van der Waals surface area contributed by atoms with E-state index in [0.717, 1.165) is 18.9 Å². The molecule has 1 aromatic rings. The Morgan fingerprint density at radius 1 is 1.75 bits per heavy atom. The van der Waals surface area contributed by atoms with Gasteiger partial charge in [-0.15, -0.1) is 12.3 Å². The smallest absolute Gasteiger partial charge is 0.226 e. The molecule has 84 valence electrons. The highest BCUT2D eigenvalue weighted by Crippen LogP contribution is 2.17. The SMILES string of the molecule is C#CCCC(=O)Nc1ccnn1C1CNC1. The lowest BCUT2D eigenvalue weighted by atomic mass is 10.2. The maximum absolute atomic E-state index is 11.5. The molecular formula is C11H14N4O. The van der Waals surface area contributed by atoms with Crippen LogP contribution < -0.4 is 10.6 Å². The lowest BCUT2D eigenvalue weighted by Crippen LogP contribution is -2.44. The molecule has 0 bridgehead atoms. The van der Waals surface area contributed by atoms with E-state index < -0.39 is 0 Å². The lowest BCUT2D eigenvalue weighted by molar-refractivity contribution is -0.116. The normalized spacial score (nSPS) is 15.2. The van der Waals surface area contributed by atoms with Gasteiger partial charge in [0.1, 0.15) is 5.82 Å². The summed E-state index contributed by atoms with van der Waals surface area (Å²) in [6, 6.07) is 2.14. The number of rotatable bonds is 4. The first kappa shape index (κ1) is 10.7. The number of amides is 1. The Bertz CT molecular complexity index is 414. The second kappa shape index (κ2) is 4.81. The third-order valence-corrected chi connectivity index (χ3v) is 2.54. The summed E-state index contributed by atoms with van der Waals surface area (Å²) in [5, 5.41) is 10.2. The zero-order valence-corrected chi connectivity index (χ0v) is 8.94. The maximum Gasteiger partial charge on any atom is 0.226 e. The van der Waals surface area contributed by atoms with E-state index in [9.17, 15) is 4.79 Å². The van der Waals surface area contributed by atoms with Gasteiger partial charge in [0.2, 0.25) is 5.91 Å². The van der Waals surface area contributed by atoms with Crippen molar-refractivity contribution >= 4 is 11.7 Å². The fraction of sp³-hybridized carbons (Fsp3) is 0.455. The molecule has 0 radical (unpaired) electrons. The lowest BCUT2D eigenvalue weighted by Gasteiger charge is -2.28. The number of carbonyl (C=O) groups excluding carboxylic acids is 1. The molecule has 2 rings (SSSR count). The molecule has 2 heterocycles. The van der Waals surface area contributed by atoms with Crippen LogP contribution in [0.1, 0.15) is 18.9 Å². The van der Waals surface area contributed by atoms with Gasteiger partial charge in [0.05, 0.1) is 12.2 Å². The molecule has 0 saturated carbocycles. The molecule has 0 spiro atoms. The minimum atomic E-state index is -0.0630. The van der Waals surface area contributed by atoms with Gasteiger partial charge < -0.3 is 10.6 Å². The molecule has 1 saturated heterocycles. The standard InChI is InChI=1S/C11H14N4O/c1-2-3-4-11(16)14-10-5-6-13-15(10)9-7-12-8-9/h1,5-6,9,12H,3-4,7-8H2,(H,14,16). The summed E-state index contributed by atoms with van der Waals surface area (Å²) in [7, 11) is 0. The number of anilines is 1. The van der Waals surface area contributed by atoms with Crippen molar-refractivity contribution in [2.75, 3.05) is 18.4 Å². The Balaban J connectivity index is 1.96. The number of nitrogens with zero attached hydrogens (tertiary/aromatic N) is 2. The van der Waals surface area contributed by atoms with Crippen molar-refractivity contribution in [1.82, 2.24) is 15.1 Å². The Kier molecular flexibility index (Phi) is 3.22. The minimum absolute atomic E-state index is 0.0630. The first-order valence-electron chi connectivity index (χ1n) is 5.29. The van der Waals surface area contributed by atoms with Gasteiger partial charge in [-0.05, 0) is 0 Å². The van der Waals surface area contributed by atoms with E-state index in [0.29, 0.717) is 18.9 Å². The minimum Gasteiger partial charge on any atom is -0.312 e. The van der Waals surface area contributed by atoms with Crippen molar-refractivity contribution in [3.8, 4) is 12.3 Å². The van der Waals surface area contributed by atoms with Crippen LogP contribution >= 0.6 is 0 Å². The van der Waals surface area contributed by atoms with E-state index in [1.54, 1.807) is 12.3 Å². The van der Waals surface area contributed by atoms with E-state index in [1.807, 2.05) is 4.68 Å². The highest BCUT2D eigenvalue weighted by molar-refractivity contribution is 5.89. The predicted molar refractivity (Wildman–Crippen MR) is 60.8 cm³/mol. The van der Waals surface area contributed by atoms with Gasteiger partial charge in [0.15, 0.2) is 0 Å². The topological polar surface area (TPSA) is 59.0 Å². The molecule has 0 unspecified atom stereocenters. The van der Waals surface area contributed by atoms with Crippen molar-refractivity contribution < 1.29 is 4.79 Å². The Hall–Kier alpha value is -1.80. The highest BCUT2D eigenvalue weighted by Gasteiger charge is 2.21. The Morgan fingerprint density at radius 3 is 3.19 bits per heavy atom. The van der Waals surface area contributed by atoms with Crippen LogP contribution in [0.4, 0.5) is 5.82 Å². The summed E-state index contributed by atoms with van der Waals surface area (Å²) in [6.07, 6.45) is 7.61. The molecule has 1 aliphatic heterocycles. The van der Waals surface area contributed by atoms with Gasteiger partial charge >= 0.3 is 0 Å². The number of carbonyl (C=O) groups is 1. The van der Waals surface area contributed by atoms with Crippen LogP contribution in [0.5, 0.6) is 0 Å². The van der Waals surface area contributed by atoms with Crippen LogP contribution in [0.15, 0.2) is 12.3 Å². The summed E-state index contributed by atoms with van der Waals surface area (Å²) in [5.74, 6) is 3.13. The van der Waals surface area contributed by atoms with E-state index >= 15 is 0 Å². The summed E-state index contributed by atoms with van der Waals surface area (Å²) in [6.45, 7) is 1.80. The van der Waals surface area contributed by atoms with Crippen molar-refractivity contribution in [2.24, 2.45) is 0 Å². The average Bonchev–Trinajstić information content (AvgIpc) is 2.61. The maximum atomic E-state index is 11.5. The predicted octanol–water partition coefficient (Wildman–Crippen LogP) is 0.379. The number of hydrogen-bond acceptors (Lipinski definition) is 3. The van der Waals surface area contributed by atoms with Gasteiger partial charge in [-0.3, -0.25) is 4.79 Å². The first-order chi connectivity index (χ1) is 7.81. The van der Waals surface area contributed by atoms with Crippen LogP contribution in [-0.4, -0.2) is 28.8 Å².